The van der Waals surface area contributed by atoms with Crippen LogP contribution in [0.2, 0.25) is 0 Å². The Bertz CT molecular complexity index is 1960. The van der Waals surface area contributed by atoms with Gasteiger partial charge in [-0.2, -0.15) is 15.4 Å². The molecule has 2 saturated heterocycles. The van der Waals surface area contributed by atoms with Crippen LogP contribution in [0, 0.1) is 23.2 Å². The second-order valence-corrected chi connectivity index (χ2v) is 15.9. The van der Waals surface area contributed by atoms with Gasteiger partial charge in [-0.3, -0.25) is 18.9 Å². The SMILES string of the molecule is CC(C)C(=O)O[C@H]1[C@H](c2ccc3c(/N=C/N(C)C)ncnn23)O[C@](C#N)(COP(=O)(N[C@@H](C)C(=O)OC2CCOCC2)Oc2ccccc2)[C@H]1OC(=O)C(C)C. The standard InChI is InChI=1S/C37H48N7O11P/c1-23(2)34(45)52-31-30(28-13-14-29-33(40-22-43(6)7)39-21-41-44(28)29)54-37(19-38,32(31)53-35(46)24(3)4)20-50-56(48,55-27-11-9-8-10-12-27)42-25(5)36(47)51-26-15-17-49-18-16-26/h8-14,21-26,30-32H,15-18,20H2,1-7H3,(H,42,48)/b40-22+/t25-,30-,31-,32-,37+,56?/m0/s1. The number of para-hydroxylation sites is 1. The van der Waals surface area contributed by atoms with Gasteiger partial charge in [0.25, 0.3) is 0 Å². The number of nitrogens with zero attached hydrogens (tertiary/aromatic N) is 6. The number of aliphatic imine (C=N–C) groups is 1. The second-order valence-electron chi connectivity index (χ2n) is 14.2. The van der Waals surface area contributed by atoms with Gasteiger partial charge in [0.1, 0.15) is 48.5 Å². The van der Waals surface area contributed by atoms with E-state index in [-0.39, 0.29) is 5.75 Å². The Kier molecular flexibility index (Phi) is 13.8. The van der Waals surface area contributed by atoms with Crippen LogP contribution in [0.25, 0.3) is 5.52 Å². The molecule has 302 valence electrons. The molecule has 5 rings (SSSR count). The van der Waals surface area contributed by atoms with Gasteiger partial charge in [0, 0.05) is 26.9 Å². The van der Waals surface area contributed by atoms with Gasteiger partial charge in [-0.1, -0.05) is 45.9 Å². The Morgan fingerprint density at radius 2 is 1.71 bits per heavy atom. The summed E-state index contributed by atoms with van der Waals surface area (Å²) in [6, 6.07) is 12.2. The molecular formula is C37H48N7O11P. The number of carbonyl (C=O) groups is 3. The summed E-state index contributed by atoms with van der Waals surface area (Å²) < 4.78 is 57.3. The second kappa shape index (κ2) is 18.4. The number of benzene rings is 1. The Balaban J connectivity index is 1.54. The molecule has 4 heterocycles. The van der Waals surface area contributed by atoms with Crippen molar-refractivity contribution in [3.05, 3.63) is 54.5 Å². The smallest absolute Gasteiger partial charge is 0.459 e. The molecule has 2 aromatic heterocycles. The first-order valence-corrected chi connectivity index (χ1v) is 19.8. The van der Waals surface area contributed by atoms with E-state index >= 15 is 0 Å². The molecule has 2 fully saturated rings. The van der Waals surface area contributed by atoms with Crippen molar-refractivity contribution >= 4 is 43.3 Å². The van der Waals surface area contributed by atoms with Crippen molar-refractivity contribution in [2.24, 2.45) is 16.8 Å². The Hall–Kier alpha value is -4.92. The molecule has 0 saturated carbocycles. The number of nitriles is 1. The Labute approximate surface area is 325 Å². The monoisotopic (exact) mass is 797 g/mol. The van der Waals surface area contributed by atoms with E-state index in [4.69, 9.17) is 32.7 Å². The summed E-state index contributed by atoms with van der Waals surface area (Å²) in [5, 5.41) is 18.0. The summed E-state index contributed by atoms with van der Waals surface area (Å²) in [5.41, 5.74) is -1.53. The zero-order valence-corrected chi connectivity index (χ0v) is 33.3. The number of fused-ring (bicyclic) bond motifs is 1. The molecule has 0 radical (unpaired) electrons. The van der Waals surface area contributed by atoms with E-state index in [1.54, 1.807) is 83.4 Å². The lowest BCUT2D eigenvalue weighted by atomic mass is 9.95. The molecule has 1 aromatic carbocycles. The Morgan fingerprint density at radius 1 is 1.04 bits per heavy atom. The van der Waals surface area contributed by atoms with Crippen molar-refractivity contribution in [3.63, 3.8) is 0 Å². The van der Waals surface area contributed by atoms with Crippen LogP contribution in [0.5, 0.6) is 5.75 Å². The summed E-state index contributed by atoms with van der Waals surface area (Å²) in [6.07, 6.45) is -0.922. The average Bonchev–Trinajstić information content (AvgIpc) is 3.73. The maximum atomic E-state index is 14.6. The molecule has 56 heavy (non-hydrogen) atoms. The lowest BCUT2D eigenvalue weighted by Crippen LogP contribution is -2.50. The van der Waals surface area contributed by atoms with E-state index in [1.807, 2.05) is 0 Å². The number of carbonyl (C=O) groups excluding carboxylic acids is 3. The molecule has 2 aliphatic rings. The van der Waals surface area contributed by atoms with Crippen LogP contribution in [0.3, 0.4) is 0 Å². The number of ether oxygens (including phenoxy) is 5. The molecular weight excluding hydrogens is 749 g/mol. The fraction of sp³-hybridized carbons (Fsp3) is 0.541. The van der Waals surface area contributed by atoms with E-state index in [9.17, 15) is 24.2 Å². The fourth-order valence-electron chi connectivity index (χ4n) is 5.74. The van der Waals surface area contributed by atoms with Gasteiger partial charge in [-0.15, -0.1) is 0 Å². The third-order valence-electron chi connectivity index (χ3n) is 8.76. The first-order chi connectivity index (χ1) is 26.6. The molecule has 2 aliphatic heterocycles. The maximum Gasteiger partial charge on any atom is 0.459 e. The summed E-state index contributed by atoms with van der Waals surface area (Å²) in [7, 11) is -1.00. The minimum absolute atomic E-state index is 0.114. The maximum absolute atomic E-state index is 14.6. The van der Waals surface area contributed by atoms with E-state index in [0.29, 0.717) is 43.1 Å². The normalized spacial score (nSPS) is 23.1. The molecule has 19 heteroatoms. The highest BCUT2D eigenvalue weighted by molar-refractivity contribution is 7.52. The highest BCUT2D eigenvalue weighted by atomic mass is 31.2. The summed E-state index contributed by atoms with van der Waals surface area (Å²) >= 11 is 0. The number of nitrogens with one attached hydrogen (secondary N) is 1. The number of hydrogen-bond donors (Lipinski definition) is 1. The van der Waals surface area contributed by atoms with Gasteiger partial charge >= 0.3 is 25.7 Å². The summed E-state index contributed by atoms with van der Waals surface area (Å²) in [5.74, 6) is -3.02. The van der Waals surface area contributed by atoms with Gasteiger partial charge in [0.2, 0.25) is 5.60 Å². The molecule has 0 spiro atoms. The molecule has 18 nitrogen and oxygen atoms in total. The minimum Gasteiger partial charge on any atom is -0.461 e. The van der Waals surface area contributed by atoms with E-state index < -0.39 is 80.2 Å². The predicted octanol–water partition coefficient (Wildman–Crippen LogP) is 4.32. The van der Waals surface area contributed by atoms with Crippen LogP contribution in [0.4, 0.5) is 5.82 Å². The van der Waals surface area contributed by atoms with Crippen LogP contribution in [-0.4, -0.2) is 108 Å². The van der Waals surface area contributed by atoms with Crippen LogP contribution in [0.1, 0.15) is 59.3 Å². The first-order valence-electron chi connectivity index (χ1n) is 18.2. The molecule has 0 amide bonds. The van der Waals surface area contributed by atoms with Crippen molar-refractivity contribution in [2.75, 3.05) is 33.9 Å². The molecule has 0 aliphatic carbocycles. The quantitative estimate of drug-likeness (QED) is 0.0702. The number of esters is 3. The lowest BCUT2D eigenvalue weighted by Gasteiger charge is -2.31. The van der Waals surface area contributed by atoms with E-state index in [0.717, 1.165) is 0 Å². The average molecular weight is 798 g/mol. The number of rotatable bonds is 16. The molecule has 3 aromatic rings. The van der Waals surface area contributed by atoms with Crippen molar-refractivity contribution in [2.45, 2.75) is 83.5 Å². The minimum atomic E-state index is -4.60. The molecule has 0 bridgehead atoms. The predicted molar refractivity (Wildman–Crippen MR) is 200 cm³/mol. The largest absolute Gasteiger partial charge is 0.461 e. The zero-order chi connectivity index (χ0) is 40.6. The Morgan fingerprint density at radius 3 is 2.36 bits per heavy atom. The van der Waals surface area contributed by atoms with Gasteiger partial charge in [0.15, 0.2) is 18.0 Å². The van der Waals surface area contributed by atoms with E-state index in [2.05, 4.69) is 26.2 Å². The van der Waals surface area contributed by atoms with Crippen molar-refractivity contribution < 1.29 is 51.7 Å². The van der Waals surface area contributed by atoms with Gasteiger partial charge in [0.05, 0.1) is 37.1 Å². The van der Waals surface area contributed by atoms with Crippen molar-refractivity contribution in [3.8, 4) is 11.8 Å². The summed E-state index contributed by atoms with van der Waals surface area (Å²) in [4.78, 5) is 50.2. The van der Waals surface area contributed by atoms with Crippen LogP contribution in [0.15, 0.2) is 53.8 Å². The van der Waals surface area contributed by atoms with Crippen molar-refractivity contribution in [1.82, 2.24) is 24.6 Å². The first kappa shape index (κ1) is 42.2. The zero-order valence-electron chi connectivity index (χ0n) is 32.4. The fourth-order valence-corrected chi connectivity index (χ4v) is 7.26. The summed E-state index contributed by atoms with van der Waals surface area (Å²) in [6.45, 7) is 7.86. The molecule has 1 N–H and O–H groups in total. The molecule has 6 atom stereocenters. The highest BCUT2D eigenvalue weighted by Crippen LogP contribution is 2.50. The van der Waals surface area contributed by atoms with E-state index in [1.165, 1.54) is 29.9 Å². The van der Waals surface area contributed by atoms with Gasteiger partial charge in [-0.05, 0) is 31.2 Å². The van der Waals surface area contributed by atoms with Crippen molar-refractivity contribution in [1.29, 1.82) is 5.26 Å². The lowest BCUT2D eigenvalue weighted by molar-refractivity contribution is -0.173. The topological polar surface area (TPSA) is 214 Å². The van der Waals surface area contributed by atoms with Crippen LogP contribution in [-0.2, 0) is 47.2 Å². The van der Waals surface area contributed by atoms with Crippen LogP contribution < -0.4 is 9.61 Å². The highest BCUT2D eigenvalue weighted by Gasteiger charge is 2.62. The van der Waals surface area contributed by atoms with Gasteiger partial charge < -0.3 is 33.1 Å². The van der Waals surface area contributed by atoms with Gasteiger partial charge in [-0.25, -0.2) is 19.1 Å². The number of hydrogen-bond acceptors (Lipinski definition) is 15. The molecule has 1 unspecified atom stereocenters. The third kappa shape index (κ3) is 10.1. The van der Waals surface area contributed by atoms with Crippen LogP contribution >= 0.6 is 7.75 Å². The number of aromatic nitrogens is 3. The third-order valence-corrected chi connectivity index (χ3v) is 10.4.